The highest BCUT2D eigenvalue weighted by Gasteiger charge is 2.03. The van der Waals surface area contributed by atoms with Gasteiger partial charge >= 0.3 is 0 Å². The van der Waals surface area contributed by atoms with E-state index in [4.69, 9.17) is 5.73 Å². The molecule has 0 aromatic heterocycles. The van der Waals surface area contributed by atoms with Crippen molar-refractivity contribution in [1.29, 1.82) is 0 Å². The number of hydrogen-bond donors (Lipinski definition) is 2. The number of nitrogens with one attached hydrogen (secondary N) is 1. The molecule has 0 radical (unpaired) electrons. The van der Waals surface area contributed by atoms with Crippen LogP contribution >= 0.6 is 0 Å². The van der Waals surface area contributed by atoms with Gasteiger partial charge in [-0.25, -0.2) is 4.99 Å². The summed E-state index contributed by atoms with van der Waals surface area (Å²) < 4.78 is 11.4. The first-order chi connectivity index (χ1) is 11.5. The van der Waals surface area contributed by atoms with Gasteiger partial charge < -0.3 is 11.1 Å². The van der Waals surface area contributed by atoms with E-state index in [1.165, 1.54) is 5.56 Å². The summed E-state index contributed by atoms with van der Waals surface area (Å²) in [4.78, 5) is 5.16. The van der Waals surface area contributed by atoms with Crippen molar-refractivity contribution in [2.45, 2.75) is 37.6 Å². The molecule has 0 saturated heterocycles. The zero-order chi connectivity index (χ0) is 17.5. The van der Waals surface area contributed by atoms with Crippen LogP contribution in [-0.2, 0) is 17.3 Å². The zero-order valence-corrected chi connectivity index (χ0v) is 15.3. The molecule has 0 bridgehead atoms. The molecule has 0 heterocycles. The molecule has 0 fully saturated rings. The Morgan fingerprint density at radius 1 is 1.17 bits per heavy atom. The molecule has 24 heavy (non-hydrogen) atoms. The van der Waals surface area contributed by atoms with E-state index in [2.05, 4.69) is 36.3 Å². The molecule has 0 saturated carbocycles. The number of nitrogens with two attached hydrogens (primary N) is 1. The standard InChI is InChI=1S/C19H25N3OS/c1-4-14(2)16-7-9-17(10-8-16)22-19(20)21-13-15-5-11-18(12-6-15)24(3)23/h5-12,14H,4,13H2,1-3H3,(H3,20,21,22). The van der Waals surface area contributed by atoms with Gasteiger partial charge in [0.2, 0.25) is 0 Å². The topological polar surface area (TPSA) is 67.5 Å². The Kier molecular flexibility index (Phi) is 6.55. The lowest BCUT2D eigenvalue weighted by atomic mass is 9.99. The van der Waals surface area contributed by atoms with Crippen LogP contribution in [0.5, 0.6) is 0 Å². The van der Waals surface area contributed by atoms with Crippen molar-refractivity contribution in [2.75, 3.05) is 11.6 Å². The van der Waals surface area contributed by atoms with Crippen LogP contribution in [-0.4, -0.2) is 16.4 Å². The molecule has 2 unspecified atom stereocenters. The van der Waals surface area contributed by atoms with E-state index in [-0.39, 0.29) is 0 Å². The van der Waals surface area contributed by atoms with Crippen molar-refractivity contribution < 1.29 is 4.21 Å². The monoisotopic (exact) mass is 343 g/mol. The van der Waals surface area contributed by atoms with E-state index in [9.17, 15) is 4.21 Å². The van der Waals surface area contributed by atoms with Gasteiger partial charge in [-0.15, -0.1) is 0 Å². The Morgan fingerprint density at radius 3 is 2.33 bits per heavy atom. The Balaban J connectivity index is 1.95. The normalized spacial score (nSPS) is 14.2. The van der Waals surface area contributed by atoms with Gasteiger partial charge in [0.25, 0.3) is 0 Å². The number of benzene rings is 2. The van der Waals surface area contributed by atoms with Crippen LogP contribution in [0.2, 0.25) is 0 Å². The van der Waals surface area contributed by atoms with Crippen LogP contribution in [0.4, 0.5) is 5.69 Å². The van der Waals surface area contributed by atoms with Gasteiger partial charge in [0.05, 0.1) is 6.54 Å². The van der Waals surface area contributed by atoms with E-state index < -0.39 is 10.8 Å². The molecule has 0 amide bonds. The van der Waals surface area contributed by atoms with Crippen LogP contribution in [0, 0.1) is 0 Å². The number of guanidine groups is 1. The summed E-state index contributed by atoms with van der Waals surface area (Å²) in [6.07, 6.45) is 2.79. The predicted molar refractivity (Wildman–Crippen MR) is 103 cm³/mol. The summed E-state index contributed by atoms with van der Waals surface area (Å²) in [7, 11) is -0.956. The fourth-order valence-electron chi connectivity index (χ4n) is 2.28. The van der Waals surface area contributed by atoms with Crippen molar-refractivity contribution >= 4 is 22.4 Å². The van der Waals surface area contributed by atoms with Gasteiger partial charge in [0.15, 0.2) is 5.96 Å². The third-order valence-electron chi connectivity index (χ3n) is 4.05. The van der Waals surface area contributed by atoms with Gasteiger partial charge in [-0.05, 0) is 47.7 Å². The number of aliphatic imine (C=N–C) groups is 1. The highest BCUT2D eigenvalue weighted by atomic mass is 32.2. The van der Waals surface area contributed by atoms with Gasteiger partial charge in [-0.2, -0.15) is 0 Å². The first-order valence-electron chi connectivity index (χ1n) is 8.09. The van der Waals surface area contributed by atoms with Crippen molar-refractivity contribution in [3.05, 3.63) is 59.7 Å². The molecule has 0 aliphatic heterocycles. The molecule has 128 valence electrons. The fourth-order valence-corrected chi connectivity index (χ4v) is 2.80. The maximum absolute atomic E-state index is 11.4. The molecule has 2 atom stereocenters. The molecular weight excluding hydrogens is 318 g/mol. The van der Waals surface area contributed by atoms with E-state index in [0.717, 1.165) is 22.6 Å². The SMILES string of the molecule is CCC(C)c1ccc(NC(N)=NCc2ccc(S(C)=O)cc2)cc1. The highest BCUT2D eigenvalue weighted by Crippen LogP contribution is 2.20. The number of anilines is 1. The van der Waals surface area contributed by atoms with Crippen LogP contribution in [0.3, 0.4) is 0 Å². The number of hydrogen-bond acceptors (Lipinski definition) is 2. The largest absolute Gasteiger partial charge is 0.370 e. The molecule has 0 aliphatic carbocycles. The van der Waals surface area contributed by atoms with Crippen LogP contribution in [0.25, 0.3) is 0 Å². The minimum absolute atomic E-state index is 0.384. The van der Waals surface area contributed by atoms with Crippen molar-refractivity contribution in [3.63, 3.8) is 0 Å². The van der Waals surface area contributed by atoms with Gasteiger partial charge in [0.1, 0.15) is 0 Å². The van der Waals surface area contributed by atoms with Gasteiger partial charge in [-0.1, -0.05) is 38.1 Å². The third kappa shape index (κ3) is 5.20. The van der Waals surface area contributed by atoms with E-state index in [1.54, 1.807) is 6.26 Å². The van der Waals surface area contributed by atoms with Crippen LogP contribution < -0.4 is 11.1 Å². The average molecular weight is 343 g/mol. The van der Waals surface area contributed by atoms with Crippen molar-refractivity contribution in [3.8, 4) is 0 Å². The predicted octanol–water partition coefficient (Wildman–Crippen LogP) is 3.86. The molecule has 2 aromatic rings. The number of rotatable bonds is 6. The summed E-state index contributed by atoms with van der Waals surface area (Å²) in [5.74, 6) is 0.944. The summed E-state index contributed by atoms with van der Waals surface area (Å²) in [5, 5.41) is 3.11. The van der Waals surface area contributed by atoms with Crippen molar-refractivity contribution in [2.24, 2.45) is 10.7 Å². The molecule has 2 aromatic carbocycles. The maximum atomic E-state index is 11.4. The van der Waals surface area contributed by atoms with Crippen LogP contribution in [0.15, 0.2) is 58.4 Å². The lowest BCUT2D eigenvalue weighted by Gasteiger charge is -2.11. The lowest BCUT2D eigenvalue weighted by molar-refractivity contribution is 0.687. The lowest BCUT2D eigenvalue weighted by Crippen LogP contribution is -2.22. The van der Waals surface area contributed by atoms with E-state index in [0.29, 0.717) is 18.4 Å². The summed E-state index contributed by atoms with van der Waals surface area (Å²) >= 11 is 0. The Labute approximate surface area is 146 Å². The Bertz CT molecular complexity index is 708. The fraction of sp³-hybridized carbons (Fsp3) is 0.316. The second-order valence-corrected chi connectivity index (χ2v) is 7.24. The molecule has 2 rings (SSSR count). The van der Waals surface area contributed by atoms with Crippen molar-refractivity contribution in [1.82, 2.24) is 0 Å². The summed E-state index contributed by atoms with van der Waals surface area (Å²) in [5.41, 5.74) is 9.23. The zero-order valence-electron chi connectivity index (χ0n) is 14.5. The third-order valence-corrected chi connectivity index (χ3v) is 4.99. The summed E-state index contributed by atoms with van der Waals surface area (Å²) in [6.45, 7) is 4.89. The molecule has 3 N–H and O–H groups in total. The van der Waals surface area contributed by atoms with Gasteiger partial charge in [-0.3, -0.25) is 4.21 Å². The minimum Gasteiger partial charge on any atom is -0.370 e. The van der Waals surface area contributed by atoms with Crippen LogP contribution in [0.1, 0.15) is 37.3 Å². The molecule has 0 aliphatic rings. The maximum Gasteiger partial charge on any atom is 0.193 e. The Hall–Kier alpha value is -2.14. The number of nitrogens with zero attached hydrogens (tertiary/aromatic N) is 1. The molecule has 4 nitrogen and oxygen atoms in total. The highest BCUT2D eigenvalue weighted by molar-refractivity contribution is 7.84. The second-order valence-electron chi connectivity index (χ2n) is 5.86. The van der Waals surface area contributed by atoms with E-state index >= 15 is 0 Å². The summed E-state index contributed by atoms with van der Waals surface area (Å²) in [6, 6.07) is 15.9. The molecule has 0 spiro atoms. The first-order valence-corrected chi connectivity index (χ1v) is 9.64. The average Bonchev–Trinajstić information content (AvgIpc) is 2.60. The van der Waals surface area contributed by atoms with Gasteiger partial charge in [0, 0.05) is 27.6 Å². The second kappa shape index (κ2) is 8.64. The minimum atomic E-state index is -0.956. The van der Waals surface area contributed by atoms with E-state index in [1.807, 2.05) is 36.4 Å². The Morgan fingerprint density at radius 2 is 1.79 bits per heavy atom. The smallest absolute Gasteiger partial charge is 0.193 e. The first kappa shape index (κ1) is 18.2. The molecule has 5 heteroatoms. The quantitative estimate of drug-likeness (QED) is 0.618. The molecular formula is C19H25N3OS.